The number of carbonyl (C=O) groups is 2. The van der Waals surface area contributed by atoms with Crippen LogP contribution in [-0.4, -0.2) is 40.9 Å². The van der Waals surface area contributed by atoms with Crippen molar-refractivity contribution in [3.63, 3.8) is 0 Å². The Hall–Kier alpha value is -4.30. The molecule has 1 fully saturated rings. The summed E-state index contributed by atoms with van der Waals surface area (Å²) in [5.41, 5.74) is 8.93. The van der Waals surface area contributed by atoms with E-state index in [1.165, 1.54) is 0 Å². The van der Waals surface area contributed by atoms with Crippen LogP contribution in [-0.2, 0) is 6.54 Å². The summed E-state index contributed by atoms with van der Waals surface area (Å²) in [6.45, 7) is 2.04. The number of anilines is 1. The van der Waals surface area contributed by atoms with E-state index < -0.39 is 0 Å². The Bertz CT molecular complexity index is 1410. The number of nitrogen functional groups attached to an aromatic ring is 1. The number of rotatable bonds is 6. The Kier molecular flexibility index (Phi) is 6.86. The third kappa shape index (κ3) is 5.34. The second kappa shape index (κ2) is 10.5. The Labute approximate surface area is 209 Å². The molecular formula is C28H28N6O2. The second-order valence-corrected chi connectivity index (χ2v) is 8.95. The number of nitrogens with zero attached hydrogens (tertiary/aromatic N) is 2. The van der Waals surface area contributed by atoms with Gasteiger partial charge in [0.25, 0.3) is 11.8 Å². The molecule has 0 spiro atoms. The molecule has 4 aromatic rings. The van der Waals surface area contributed by atoms with E-state index in [9.17, 15) is 9.59 Å². The van der Waals surface area contributed by atoms with Crippen LogP contribution in [0.15, 0.2) is 72.9 Å². The molecule has 1 saturated heterocycles. The van der Waals surface area contributed by atoms with Crippen molar-refractivity contribution in [3.05, 3.63) is 89.7 Å². The highest BCUT2D eigenvalue weighted by Crippen LogP contribution is 2.21. The average Bonchev–Trinajstić information content (AvgIpc) is 2.92. The van der Waals surface area contributed by atoms with Crippen molar-refractivity contribution < 1.29 is 9.59 Å². The van der Waals surface area contributed by atoms with Crippen molar-refractivity contribution >= 4 is 28.4 Å². The van der Waals surface area contributed by atoms with Gasteiger partial charge >= 0.3 is 0 Å². The van der Waals surface area contributed by atoms with Gasteiger partial charge in [0.1, 0.15) is 0 Å². The molecule has 1 atom stereocenters. The summed E-state index contributed by atoms with van der Waals surface area (Å²) in [5, 5.41) is 11.4. The van der Waals surface area contributed by atoms with Crippen LogP contribution in [0.3, 0.4) is 0 Å². The molecule has 1 aliphatic heterocycles. The standard InChI is InChI=1S/C28H28N6O2/c29-26-25(28(36)33-23-9-4-12-30-16-23)34-24(17-31-26)21-8-3-5-18(13-21)15-32-27(35)22-11-10-19-6-1-2-7-20(19)14-22/h1-3,5-8,10-11,13-14,17,23,30H,4,9,12,15-16H2,(H2,29,31)(H,32,35)(H,33,36). The van der Waals surface area contributed by atoms with Crippen molar-refractivity contribution in [2.75, 3.05) is 18.8 Å². The number of fused-ring (bicyclic) bond motifs is 1. The molecule has 5 N–H and O–H groups in total. The van der Waals surface area contributed by atoms with E-state index in [2.05, 4.69) is 25.9 Å². The molecule has 8 heteroatoms. The molecule has 1 unspecified atom stereocenters. The minimum Gasteiger partial charge on any atom is -0.382 e. The number of benzene rings is 3. The maximum absolute atomic E-state index is 12.8. The summed E-state index contributed by atoms with van der Waals surface area (Å²) < 4.78 is 0. The predicted octanol–water partition coefficient (Wildman–Crippen LogP) is 3.29. The van der Waals surface area contributed by atoms with Gasteiger partial charge in [0.05, 0.1) is 11.9 Å². The van der Waals surface area contributed by atoms with E-state index in [0.29, 0.717) is 17.8 Å². The lowest BCUT2D eigenvalue weighted by Gasteiger charge is -2.23. The molecule has 0 bridgehead atoms. The summed E-state index contributed by atoms with van der Waals surface area (Å²) in [6, 6.07) is 21.3. The molecule has 2 amide bonds. The van der Waals surface area contributed by atoms with Gasteiger partial charge in [-0.3, -0.25) is 9.59 Å². The van der Waals surface area contributed by atoms with Crippen LogP contribution in [0.5, 0.6) is 0 Å². The van der Waals surface area contributed by atoms with Crippen molar-refractivity contribution in [3.8, 4) is 11.3 Å². The Balaban J connectivity index is 1.28. The number of carbonyl (C=O) groups excluding carboxylic acids is 2. The predicted molar refractivity (Wildman–Crippen MR) is 140 cm³/mol. The zero-order chi connectivity index (χ0) is 24.9. The Morgan fingerprint density at radius 2 is 1.86 bits per heavy atom. The molecular weight excluding hydrogens is 452 g/mol. The molecule has 1 aliphatic rings. The van der Waals surface area contributed by atoms with E-state index in [0.717, 1.165) is 47.8 Å². The summed E-state index contributed by atoms with van der Waals surface area (Å²) in [5.74, 6) is -0.372. The van der Waals surface area contributed by atoms with Gasteiger partial charge in [0.15, 0.2) is 11.5 Å². The van der Waals surface area contributed by atoms with Crippen LogP contribution >= 0.6 is 0 Å². The minimum absolute atomic E-state index is 0.0469. The quantitative estimate of drug-likeness (QED) is 0.336. The van der Waals surface area contributed by atoms with Gasteiger partial charge in [-0.05, 0) is 53.9 Å². The number of aromatic nitrogens is 2. The summed E-state index contributed by atoms with van der Waals surface area (Å²) in [4.78, 5) is 34.3. The Morgan fingerprint density at radius 3 is 2.69 bits per heavy atom. The minimum atomic E-state index is -0.325. The second-order valence-electron chi connectivity index (χ2n) is 8.95. The van der Waals surface area contributed by atoms with Crippen LogP contribution in [0.4, 0.5) is 5.82 Å². The monoisotopic (exact) mass is 480 g/mol. The molecule has 2 heterocycles. The first-order chi connectivity index (χ1) is 17.6. The lowest BCUT2D eigenvalue weighted by Crippen LogP contribution is -2.46. The maximum Gasteiger partial charge on any atom is 0.274 e. The fourth-order valence-electron chi connectivity index (χ4n) is 4.39. The zero-order valence-corrected chi connectivity index (χ0v) is 19.8. The van der Waals surface area contributed by atoms with Crippen molar-refractivity contribution in [2.45, 2.75) is 25.4 Å². The van der Waals surface area contributed by atoms with Gasteiger partial charge in [-0.1, -0.05) is 48.5 Å². The zero-order valence-electron chi connectivity index (χ0n) is 19.8. The first-order valence-corrected chi connectivity index (χ1v) is 12.1. The first-order valence-electron chi connectivity index (χ1n) is 12.1. The number of nitrogens with one attached hydrogen (secondary N) is 3. The number of piperidine rings is 1. The number of hydrogen-bond donors (Lipinski definition) is 4. The largest absolute Gasteiger partial charge is 0.382 e. The van der Waals surface area contributed by atoms with E-state index in [4.69, 9.17) is 5.73 Å². The number of amides is 2. The van der Waals surface area contributed by atoms with Crippen molar-refractivity contribution in [1.29, 1.82) is 0 Å². The Morgan fingerprint density at radius 1 is 1.00 bits per heavy atom. The summed E-state index contributed by atoms with van der Waals surface area (Å²) >= 11 is 0. The third-order valence-corrected chi connectivity index (χ3v) is 6.34. The van der Waals surface area contributed by atoms with Gasteiger partial charge < -0.3 is 21.7 Å². The topological polar surface area (TPSA) is 122 Å². The van der Waals surface area contributed by atoms with E-state index in [1.54, 1.807) is 6.20 Å². The molecule has 0 saturated carbocycles. The highest BCUT2D eigenvalue weighted by molar-refractivity contribution is 5.98. The van der Waals surface area contributed by atoms with Crippen LogP contribution in [0.2, 0.25) is 0 Å². The highest BCUT2D eigenvalue weighted by atomic mass is 16.2. The fraction of sp³-hybridized carbons (Fsp3) is 0.214. The molecule has 182 valence electrons. The molecule has 36 heavy (non-hydrogen) atoms. The van der Waals surface area contributed by atoms with E-state index in [-0.39, 0.29) is 29.4 Å². The third-order valence-electron chi connectivity index (χ3n) is 6.34. The van der Waals surface area contributed by atoms with Gasteiger partial charge in [0, 0.05) is 30.3 Å². The van der Waals surface area contributed by atoms with Crippen LogP contribution in [0.25, 0.3) is 22.0 Å². The normalized spacial score (nSPS) is 15.4. The molecule has 5 rings (SSSR count). The number of hydrogen-bond acceptors (Lipinski definition) is 6. The lowest BCUT2D eigenvalue weighted by molar-refractivity contribution is 0.0924. The van der Waals surface area contributed by atoms with Crippen molar-refractivity contribution in [1.82, 2.24) is 25.9 Å². The first kappa shape index (κ1) is 23.4. The molecule has 1 aromatic heterocycles. The van der Waals surface area contributed by atoms with Gasteiger partial charge in [-0.25, -0.2) is 9.97 Å². The van der Waals surface area contributed by atoms with E-state index in [1.807, 2.05) is 66.7 Å². The smallest absolute Gasteiger partial charge is 0.274 e. The maximum atomic E-state index is 12.8. The number of nitrogens with two attached hydrogens (primary N) is 1. The lowest BCUT2D eigenvalue weighted by atomic mass is 10.1. The van der Waals surface area contributed by atoms with Crippen molar-refractivity contribution in [2.24, 2.45) is 0 Å². The van der Waals surface area contributed by atoms with Crippen LogP contribution < -0.4 is 21.7 Å². The van der Waals surface area contributed by atoms with Crippen LogP contribution in [0, 0.1) is 0 Å². The van der Waals surface area contributed by atoms with Gasteiger partial charge in [-0.15, -0.1) is 0 Å². The van der Waals surface area contributed by atoms with Crippen LogP contribution in [0.1, 0.15) is 39.3 Å². The molecule has 0 radical (unpaired) electrons. The fourth-order valence-corrected chi connectivity index (χ4v) is 4.39. The average molecular weight is 481 g/mol. The highest BCUT2D eigenvalue weighted by Gasteiger charge is 2.20. The molecule has 8 nitrogen and oxygen atoms in total. The molecule has 0 aliphatic carbocycles. The molecule has 3 aromatic carbocycles. The summed E-state index contributed by atoms with van der Waals surface area (Å²) in [7, 11) is 0. The van der Waals surface area contributed by atoms with Gasteiger partial charge in [-0.2, -0.15) is 0 Å². The SMILES string of the molecule is Nc1ncc(-c2cccc(CNC(=O)c3ccc4ccccc4c3)c2)nc1C(=O)NC1CCCNC1. The van der Waals surface area contributed by atoms with E-state index >= 15 is 0 Å². The summed E-state index contributed by atoms with van der Waals surface area (Å²) in [6.07, 6.45) is 3.48. The van der Waals surface area contributed by atoms with Gasteiger partial charge in [0.2, 0.25) is 0 Å².